The quantitative estimate of drug-likeness (QED) is 0.834. The van der Waals surface area contributed by atoms with Crippen LogP contribution in [-0.2, 0) is 9.53 Å². The third-order valence-corrected chi connectivity index (χ3v) is 4.40. The van der Waals surface area contributed by atoms with E-state index in [1.807, 2.05) is 37.0 Å². The van der Waals surface area contributed by atoms with E-state index < -0.39 is 0 Å². The highest BCUT2D eigenvalue weighted by Crippen LogP contribution is 2.16. The van der Waals surface area contributed by atoms with Gasteiger partial charge in [0.15, 0.2) is 0 Å². The number of aromatic nitrogens is 3. The maximum absolute atomic E-state index is 12.2. The first-order chi connectivity index (χ1) is 11.6. The summed E-state index contributed by atoms with van der Waals surface area (Å²) in [6.45, 7) is 5.76. The lowest BCUT2D eigenvalue weighted by Crippen LogP contribution is -2.45. The van der Waals surface area contributed by atoms with E-state index in [-0.39, 0.29) is 12.0 Å². The minimum atomic E-state index is 0.0862. The van der Waals surface area contributed by atoms with Gasteiger partial charge in [0.05, 0.1) is 18.5 Å². The van der Waals surface area contributed by atoms with Crippen LogP contribution in [0, 0.1) is 6.92 Å². The van der Waals surface area contributed by atoms with E-state index in [0.29, 0.717) is 36.4 Å². The molecule has 8 heteroatoms. The van der Waals surface area contributed by atoms with Crippen LogP contribution in [0.2, 0.25) is 0 Å². The third-order valence-electron chi connectivity index (χ3n) is 3.57. The molecule has 0 aliphatic carbocycles. The van der Waals surface area contributed by atoms with Crippen LogP contribution < -0.4 is 0 Å². The van der Waals surface area contributed by atoms with Crippen molar-refractivity contribution in [1.29, 1.82) is 0 Å². The minimum absolute atomic E-state index is 0.0862. The number of ether oxygens (including phenoxy) is 1. The molecule has 3 heterocycles. The fourth-order valence-corrected chi connectivity index (χ4v) is 3.07. The molecule has 24 heavy (non-hydrogen) atoms. The number of amides is 1. The summed E-state index contributed by atoms with van der Waals surface area (Å²) in [6, 6.07) is 3.79. The van der Waals surface area contributed by atoms with E-state index in [1.165, 1.54) is 11.8 Å². The van der Waals surface area contributed by atoms with Crippen molar-refractivity contribution in [2.75, 3.05) is 25.4 Å². The first-order valence-electron chi connectivity index (χ1n) is 7.79. The summed E-state index contributed by atoms with van der Waals surface area (Å²) in [5.41, 5.74) is 0. The number of morpholine rings is 1. The van der Waals surface area contributed by atoms with Crippen LogP contribution in [0.5, 0.6) is 0 Å². The Morgan fingerprint density at radius 3 is 3.12 bits per heavy atom. The molecule has 1 fully saturated rings. The molecular formula is C16H20N4O3S. The van der Waals surface area contributed by atoms with Gasteiger partial charge in [-0.05, 0) is 38.1 Å². The fraction of sp³-hybridized carbons (Fsp3) is 0.438. The molecular weight excluding hydrogens is 328 g/mol. The van der Waals surface area contributed by atoms with Crippen molar-refractivity contribution in [3.8, 4) is 0 Å². The van der Waals surface area contributed by atoms with Gasteiger partial charge in [0.1, 0.15) is 17.3 Å². The molecule has 1 atom stereocenters. The average Bonchev–Trinajstić information content (AvgIpc) is 3.19. The predicted molar refractivity (Wildman–Crippen MR) is 91.5 cm³/mol. The lowest BCUT2D eigenvalue weighted by molar-refractivity contribution is -0.135. The van der Waals surface area contributed by atoms with E-state index in [9.17, 15) is 4.79 Å². The van der Waals surface area contributed by atoms with E-state index in [0.717, 1.165) is 11.5 Å². The predicted octanol–water partition coefficient (Wildman–Crippen LogP) is 2.22. The van der Waals surface area contributed by atoms with Crippen molar-refractivity contribution < 1.29 is 13.9 Å². The van der Waals surface area contributed by atoms with Crippen LogP contribution in [0.15, 0.2) is 21.7 Å². The maximum atomic E-state index is 12.2. The molecule has 0 radical (unpaired) electrons. The number of hydrogen-bond donors (Lipinski definition) is 1. The number of carbonyl (C=O) groups is 1. The third kappa shape index (κ3) is 4.48. The summed E-state index contributed by atoms with van der Waals surface area (Å²) >= 11 is 1.33. The molecule has 2 aromatic heterocycles. The van der Waals surface area contributed by atoms with Crippen molar-refractivity contribution in [1.82, 2.24) is 20.1 Å². The van der Waals surface area contributed by atoms with Gasteiger partial charge >= 0.3 is 0 Å². The van der Waals surface area contributed by atoms with Gasteiger partial charge < -0.3 is 14.1 Å². The van der Waals surface area contributed by atoms with Crippen molar-refractivity contribution in [2.45, 2.75) is 25.1 Å². The number of carbonyl (C=O) groups excluding carboxylic acids is 1. The number of rotatable bonds is 5. The fourth-order valence-electron chi connectivity index (χ4n) is 2.36. The van der Waals surface area contributed by atoms with Crippen LogP contribution in [-0.4, -0.2) is 57.5 Å². The Morgan fingerprint density at radius 2 is 2.38 bits per heavy atom. The first kappa shape index (κ1) is 16.8. The number of hydrogen-bond acceptors (Lipinski definition) is 6. The van der Waals surface area contributed by atoms with Gasteiger partial charge in [0.25, 0.3) is 0 Å². The number of nitrogens with zero attached hydrogens (tertiary/aromatic N) is 3. The summed E-state index contributed by atoms with van der Waals surface area (Å²) in [4.78, 5) is 18.4. The second kappa shape index (κ2) is 7.67. The van der Waals surface area contributed by atoms with Crippen LogP contribution >= 0.6 is 11.8 Å². The van der Waals surface area contributed by atoms with Gasteiger partial charge in [0, 0.05) is 13.1 Å². The highest BCUT2D eigenvalue weighted by atomic mass is 32.2. The van der Waals surface area contributed by atoms with E-state index >= 15 is 0 Å². The lowest BCUT2D eigenvalue weighted by Gasteiger charge is -2.31. The van der Waals surface area contributed by atoms with Crippen molar-refractivity contribution in [3.05, 3.63) is 29.5 Å². The molecule has 0 unspecified atom stereocenters. The Hall–Kier alpha value is -2.06. The number of nitrogens with one attached hydrogen (secondary N) is 1. The zero-order valence-corrected chi connectivity index (χ0v) is 14.5. The summed E-state index contributed by atoms with van der Waals surface area (Å²) in [5.74, 6) is 2.65. The number of aromatic amines is 1. The number of thioether (sulfide) groups is 1. The Labute approximate surface area is 144 Å². The highest BCUT2D eigenvalue weighted by molar-refractivity contribution is 7.99. The topological polar surface area (TPSA) is 84.3 Å². The maximum Gasteiger partial charge on any atom is 0.233 e. The van der Waals surface area contributed by atoms with Crippen LogP contribution in [0.1, 0.15) is 24.3 Å². The molecule has 0 aromatic carbocycles. The Bertz CT molecular complexity index is 724. The molecule has 128 valence electrons. The molecule has 1 amide bonds. The molecule has 7 nitrogen and oxygen atoms in total. The highest BCUT2D eigenvalue weighted by Gasteiger charge is 2.21. The molecule has 2 aromatic rings. The molecule has 0 bridgehead atoms. The van der Waals surface area contributed by atoms with Crippen LogP contribution in [0.3, 0.4) is 0 Å². The van der Waals surface area contributed by atoms with E-state index in [1.54, 1.807) is 6.08 Å². The van der Waals surface area contributed by atoms with Crippen molar-refractivity contribution >= 4 is 29.8 Å². The summed E-state index contributed by atoms with van der Waals surface area (Å²) in [7, 11) is 0. The van der Waals surface area contributed by atoms with Crippen molar-refractivity contribution in [3.63, 3.8) is 0 Å². The minimum Gasteiger partial charge on any atom is -0.462 e. The SMILES string of the molecule is Cc1ccc(/C=C/c2nc(SCC(=O)N3CCO[C@H](C)C3)n[nH]2)o1. The second-order valence-electron chi connectivity index (χ2n) is 5.59. The number of H-pyrrole nitrogens is 1. The molecule has 1 aliphatic heterocycles. The molecule has 1 N–H and O–H groups in total. The zero-order valence-electron chi connectivity index (χ0n) is 13.7. The molecule has 3 rings (SSSR count). The molecule has 0 spiro atoms. The van der Waals surface area contributed by atoms with Crippen LogP contribution in [0.25, 0.3) is 12.2 Å². The largest absolute Gasteiger partial charge is 0.462 e. The van der Waals surface area contributed by atoms with Gasteiger partial charge in [-0.2, -0.15) is 0 Å². The van der Waals surface area contributed by atoms with E-state index in [4.69, 9.17) is 9.15 Å². The normalized spacial score (nSPS) is 18.4. The Balaban J connectivity index is 1.50. The Kier molecular flexibility index (Phi) is 5.37. The van der Waals surface area contributed by atoms with Crippen LogP contribution in [0.4, 0.5) is 0 Å². The zero-order chi connectivity index (χ0) is 16.9. The molecule has 0 saturated carbocycles. The molecule has 1 aliphatic rings. The average molecular weight is 348 g/mol. The van der Waals surface area contributed by atoms with Gasteiger partial charge in [-0.25, -0.2) is 4.98 Å². The number of furan rings is 1. The number of aryl methyl sites for hydroxylation is 1. The standard InChI is InChI=1S/C16H20N4O3S/c1-11-3-4-13(23-11)5-6-14-17-16(19-18-14)24-10-15(21)20-7-8-22-12(2)9-20/h3-6,12H,7-10H2,1-2H3,(H,17,18,19)/b6-5+/t12-/m1/s1. The second-order valence-corrected chi connectivity index (χ2v) is 6.54. The first-order valence-corrected chi connectivity index (χ1v) is 8.78. The van der Waals surface area contributed by atoms with Crippen molar-refractivity contribution in [2.24, 2.45) is 0 Å². The summed E-state index contributed by atoms with van der Waals surface area (Å²) < 4.78 is 10.9. The smallest absolute Gasteiger partial charge is 0.233 e. The van der Waals surface area contributed by atoms with Gasteiger partial charge in [-0.15, -0.1) is 5.10 Å². The van der Waals surface area contributed by atoms with Gasteiger partial charge in [-0.3, -0.25) is 9.89 Å². The monoisotopic (exact) mass is 348 g/mol. The molecule has 1 saturated heterocycles. The lowest BCUT2D eigenvalue weighted by atomic mass is 10.3. The van der Waals surface area contributed by atoms with E-state index in [2.05, 4.69) is 15.2 Å². The Morgan fingerprint density at radius 1 is 1.50 bits per heavy atom. The summed E-state index contributed by atoms with van der Waals surface area (Å²) in [5, 5.41) is 7.51. The summed E-state index contributed by atoms with van der Waals surface area (Å²) in [6.07, 6.45) is 3.71. The van der Waals surface area contributed by atoms with Gasteiger partial charge in [0.2, 0.25) is 11.1 Å². The van der Waals surface area contributed by atoms with Gasteiger partial charge in [-0.1, -0.05) is 11.8 Å².